The molecule has 3 aromatic rings. The molecule has 3 aromatic carbocycles. The average Bonchev–Trinajstić information content (AvgIpc) is 3.41. The summed E-state index contributed by atoms with van der Waals surface area (Å²) in [5.74, 6) is -1.59. The number of aryl methyl sites for hydroxylation is 1. The molecule has 10 heteroatoms. The van der Waals surface area contributed by atoms with E-state index in [-0.39, 0.29) is 33.8 Å². The third-order valence-corrected chi connectivity index (χ3v) is 7.76. The second-order valence-corrected chi connectivity index (χ2v) is 10.6. The van der Waals surface area contributed by atoms with Gasteiger partial charge in [-0.15, -0.1) is 0 Å². The van der Waals surface area contributed by atoms with Crippen LogP contribution in [-0.4, -0.2) is 46.0 Å². The SMILES string of the molecule is Cc1ccc(S(=O)(=O)N(CC(=O)Nc2ccccc2C(=O)NC[C@H]2CCCO2)c2ccc(F)cc2)cc1. The van der Waals surface area contributed by atoms with Gasteiger partial charge in [0.15, 0.2) is 0 Å². The van der Waals surface area contributed by atoms with Crippen molar-refractivity contribution in [2.45, 2.75) is 30.8 Å². The van der Waals surface area contributed by atoms with Crippen molar-refractivity contribution in [2.75, 3.05) is 29.3 Å². The van der Waals surface area contributed by atoms with E-state index in [9.17, 15) is 22.4 Å². The number of benzene rings is 3. The van der Waals surface area contributed by atoms with Crippen LogP contribution in [0.2, 0.25) is 0 Å². The highest BCUT2D eigenvalue weighted by molar-refractivity contribution is 7.92. The molecule has 8 nitrogen and oxygen atoms in total. The van der Waals surface area contributed by atoms with Crippen molar-refractivity contribution in [3.05, 3.63) is 89.7 Å². The summed E-state index contributed by atoms with van der Waals surface area (Å²) in [6.07, 6.45) is 1.78. The molecule has 0 aromatic heterocycles. The Bertz CT molecular complexity index is 1360. The van der Waals surface area contributed by atoms with Crippen LogP contribution in [0.4, 0.5) is 15.8 Å². The van der Waals surface area contributed by atoms with E-state index in [1.807, 2.05) is 6.92 Å². The van der Waals surface area contributed by atoms with E-state index in [0.717, 1.165) is 34.8 Å². The molecule has 0 bridgehead atoms. The van der Waals surface area contributed by atoms with E-state index in [2.05, 4.69) is 10.6 Å². The number of hydrogen-bond donors (Lipinski definition) is 2. The van der Waals surface area contributed by atoms with Crippen molar-refractivity contribution < 1.29 is 27.1 Å². The summed E-state index contributed by atoms with van der Waals surface area (Å²) < 4.78 is 47.0. The number of anilines is 2. The van der Waals surface area contributed by atoms with E-state index >= 15 is 0 Å². The van der Waals surface area contributed by atoms with E-state index in [1.165, 1.54) is 24.3 Å². The molecule has 2 amide bonds. The Hall–Kier alpha value is -3.76. The fraction of sp³-hybridized carbons (Fsp3) is 0.259. The second kappa shape index (κ2) is 11.5. The maximum atomic E-state index is 13.6. The third-order valence-electron chi connectivity index (χ3n) is 5.97. The van der Waals surface area contributed by atoms with Gasteiger partial charge in [0.2, 0.25) is 5.91 Å². The molecule has 1 fully saturated rings. The molecular weight excluding hydrogens is 497 g/mol. The summed E-state index contributed by atoms with van der Waals surface area (Å²) in [5, 5.41) is 5.47. The average molecular weight is 526 g/mol. The van der Waals surface area contributed by atoms with Crippen molar-refractivity contribution in [1.82, 2.24) is 5.32 Å². The van der Waals surface area contributed by atoms with Gasteiger partial charge in [-0.05, 0) is 68.3 Å². The standard InChI is InChI=1S/C27H28FN3O5S/c1-19-8-14-23(15-9-19)37(34,35)31(21-12-10-20(28)11-13-21)18-26(32)30-25-7-3-2-6-24(25)27(33)29-17-22-5-4-16-36-22/h2-3,6-15,22H,4-5,16-18H2,1H3,(H,29,33)(H,30,32)/t22-/m1/s1. The van der Waals surface area contributed by atoms with Crippen LogP contribution >= 0.6 is 0 Å². The second-order valence-electron chi connectivity index (χ2n) is 8.74. The number of carbonyl (C=O) groups is 2. The molecule has 0 saturated carbocycles. The minimum Gasteiger partial charge on any atom is -0.376 e. The van der Waals surface area contributed by atoms with Gasteiger partial charge in [0.25, 0.3) is 15.9 Å². The summed E-state index contributed by atoms with van der Waals surface area (Å²) in [7, 11) is -4.16. The lowest BCUT2D eigenvalue weighted by Gasteiger charge is -2.24. The van der Waals surface area contributed by atoms with Crippen LogP contribution in [0.5, 0.6) is 0 Å². The van der Waals surface area contributed by atoms with E-state index in [4.69, 9.17) is 4.74 Å². The molecule has 1 heterocycles. The predicted octanol–water partition coefficient (Wildman–Crippen LogP) is 3.88. The topological polar surface area (TPSA) is 105 Å². The molecule has 194 valence electrons. The highest BCUT2D eigenvalue weighted by Gasteiger charge is 2.28. The number of halogens is 1. The number of ether oxygens (including phenoxy) is 1. The smallest absolute Gasteiger partial charge is 0.264 e. The number of nitrogens with zero attached hydrogens (tertiary/aromatic N) is 1. The summed E-state index contributed by atoms with van der Waals surface area (Å²) in [5.41, 5.74) is 1.48. The first-order valence-electron chi connectivity index (χ1n) is 11.9. The number of amides is 2. The van der Waals surface area contributed by atoms with Crippen LogP contribution in [0.3, 0.4) is 0 Å². The van der Waals surface area contributed by atoms with Gasteiger partial charge < -0.3 is 15.4 Å². The van der Waals surface area contributed by atoms with Gasteiger partial charge in [0.05, 0.1) is 27.9 Å². The first-order chi connectivity index (χ1) is 17.7. The van der Waals surface area contributed by atoms with Gasteiger partial charge in [0.1, 0.15) is 12.4 Å². The van der Waals surface area contributed by atoms with Gasteiger partial charge >= 0.3 is 0 Å². The molecule has 0 aliphatic carbocycles. The lowest BCUT2D eigenvalue weighted by Crippen LogP contribution is -2.38. The van der Waals surface area contributed by atoms with Crippen molar-refractivity contribution in [3.63, 3.8) is 0 Å². The number of hydrogen-bond acceptors (Lipinski definition) is 5. The first kappa shape index (κ1) is 26.3. The summed E-state index contributed by atoms with van der Waals surface area (Å²) >= 11 is 0. The van der Waals surface area contributed by atoms with Gasteiger partial charge in [-0.3, -0.25) is 13.9 Å². The van der Waals surface area contributed by atoms with Gasteiger partial charge in [-0.2, -0.15) is 0 Å². The Morgan fingerprint density at radius 1 is 1.03 bits per heavy atom. The van der Waals surface area contributed by atoms with E-state index < -0.39 is 28.3 Å². The van der Waals surface area contributed by atoms with Gasteiger partial charge in [-0.1, -0.05) is 29.8 Å². The maximum Gasteiger partial charge on any atom is 0.264 e. The first-order valence-corrected chi connectivity index (χ1v) is 13.3. The van der Waals surface area contributed by atoms with Crippen LogP contribution < -0.4 is 14.9 Å². The lowest BCUT2D eigenvalue weighted by atomic mass is 10.1. The number of nitrogens with one attached hydrogen (secondary N) is 2. The van der Waals surface area contributed by atoms with Crippen LogP contribution in [0, 0.1) is 12.7 Å². The Kier molecular flexibility index (Phi) is 8.20. The Balaban J connectivity index is 1.55. The molecule has 1 aliphatic rings. The Morgan fingerprint density at radius 2 is 1.73 bits per heavy atom. The van der Waals surface area contributed by atoms with Gasteiger partial charge in [0, 0.05) is 13.2 Å². The van der Waals surface area contributed by atoms with E-state index in [0.29, 0.717) is 13.2 Å². The Morgan fingerprint density at radius 3 is 2.41 bits per heavy atom. The molecule has 1 aliphatic heterocycles. The zero-order valence-corrected chi connectivity index (χ0v) is 21.1. The molecule has 0 unspecified atom stereocenters. The van der Waals surface area contributed by atoms with Crippen LogP contribution in [0.1, 0.15) is 28.8 Å². The quantitative estimate of drug-likeness (QED) is 0.441. The number of rotatable bonds is 9. The van der Waals surface area contributed by atoms with Crippen LogP contribution in [0.15, 0.2) is 77.7 Å². The molecule has 37 heavy (non-hydrogen) atoms. The molecule has 0 spiro atoms. The fourth-order valence-electron chi connectivity index (χ4n) is 3.98. The van der Waals surface area contributed by atoms with Crippen molar-refractivity contribution in [3.8, 4) is 0 Å². The molecule has 4 rings (SSSR count). The molecule has 0 radical (unpaired) electrons. The summed E-state index contributed by atoms with van der Waals surface area (Å²) in [4.78, 5) is 25.9. The number of para-hydroxylation sites is 1. The molecule has 2 N–H and O–H groups in total. The highest BCUT2D eigenvalue weighted by atomic mass is 32.2. The molecule has 1 saturated heterocycles. The normalized spacial score (nSPS) is 15.2. The largest absolute Gasteiger partial charge is 0.376 e. The number of sulfonamides is 1. The molecular formula is C27H28FN3O5S. The third kappa shape index (κ3) is 6.52. The van der Waals surface area contributed by atoms with Crippen LogP contribution in [0.25, 0.3) is 0 Å². The van der Waals surface area contributed by atoms with Crippen molar-refractivity contribution >= 4 is 33.2 Å². The zero-order chi connectivity index (χ0) is 26.4. The zero-order valence-electron chi connectivity index (χ0n) is 20.3. The van der Waals surface area contributed by atoms with Crippen molar-refractivity contribution in [1.29, 1.82) is 0 Å². The lowest BCUT2D eigenvalue weighted by molar-refractivity contribution is -0.114. The Labute approximate surface area is 215 Å². The predicted molar refractivity (Wildman–Crippen MR) is 138 cm³/mol. The van der Waals surface area contributed by atoms with Crippen molar-refractivity contribution in [2.24, 2.45) is 0 Å². The maximum absolute atomic E-state index is 13.6. The number of carbonyl (C=O) groups excluding carboxylic acids is 2. The van der Waals surface area contributed by atoms with Gasteiger partial charge in [-0.25, -0.2) is 12.8 Å². The monoisotopic (exact) mass is 525 g/mol. The minimum absolute atomic E-state index is 0.0101. The van der Waals surface area contributed by atoms with Crippen LogP contribution in [-0.2, 0) is 19.6 Å². The summed E-state index contributed by atoms with van der Waals surface area (Å²) in [6.45, 7) is 2.27. The summed E-state index contributed by atoms with van der Waals surface area (Å²) in [6, 6.07) is 17.5. The highest BCUT2D eigenvalue weighted by Crippen LogP contribution is 2.25. The fourth-order valence-corrected chi connectivity index (χ4v) is 5.40. The minimum atomic E-state index is -4.16. The van der Waals surface area contributed by atoms with E-state index in [1.54, 1.807) is 36.4 Å². The molecule has 1 atom stereocenters.